The van der Waals surface area contributed by atoms with Crippen molar-refractivity contribution in [2.24, 2.45) is 7.05 Å². The number of rotatable bonds is 8. The summed E-state index contributed by atoms with van der Waals surface area (Å²) in [6.07, 6.45) is 5.11. The predicted octanol–water partition coefficient (Wildman–Crippen LogP) is 4.05. The fraction of sp³-hybridized carbons (Fsp3) is 0.391. The largest absolute Gasteiger partial charge is 0.493 e. The van der Waals surface area contributed by atoms with Gasteiger partial charge in [0.05, 0.1) is 23.7 Å². The zero-order chi connectivity index (χ0) is 20.2. The minimum absolute atomic E-state index is 0.0694. The van der Waals surface area contributed by atoms with E-state index in [0.717, 1.165) is 54.2 Å². The van der Waals surface area contributed by atoms with Crippen molar-refractivity contribution in [2.75, 3.05) is 18.6 Å². The Bertz CT molecular complexity index is 1010. The summed E-state index contributed by atoms with van der Waals surface area (Å²) in [7, 11) is 2.02. The van der Waals surface area contributed by atoms with E-state index >= 15 is 0 Å². The molecule has 5 nitrogen and oxygen atoms in total. The smallest absolute Gasteiger partial charge is 0.220 e. The fourth-order valence-corrected chi connectivity index (χ4v) is 4.37. The molecule has 1 atom stereocenters. The number of nitrogens with zero attached hydrogens (tertiary/aromatic N) is 2. The summed E-state index contributed by atoms with van der Waals surface area (Å²) in [6, 6.07) is 14.3. The Labute approximate surface area is 175 Å². The zero-order valence-corrected chi connectivity index (χ0v) is 17.8. The molecule has 0 aliphatic carbocycles. The molecule has 0 saturated carbocycles. The Morgan fingerprint density at radius 2 is 2.17 bits per heavy atom. The van der Waals surface area contributed by atoms with Crippen LogP contribution in [0.3, 0.4) is 0 Å². The first-order valence-corrected chi connectivity index (χ1v) is 11.5. The van der Waals surface area contributed by atoms with E-state index in [9.17, 15) is 4.79 Å². The molecular weight excluding hydrogens is 382 g/mol. The van der Waals surface area contributed by atoms with Crippen LogP contribution in [0, 0.1) is 0 Å². The van der Waals surface area contributed by atoms with Gasteiger partial charge in [0.25, 0.3) is 0 Å². The quantitative estimate of drug-likeness (QED) is 0.610. The number of nitrogens with one attached hydrogen (secondary N) is 1. The highest BCUT2D eigenvalue weighted by Crippen LogP contribution is 2.27. The normalized spacial score (nSPS) is 13.9. The number of hydrogen-bond donors (Lipinski definition) is 1. The summed E-state index contributed by atoms with van der Waals surface area (Å²) >= 11 is 1.79. The molecule has 3 aromatic rings. The highest BCUT2D eigenvalue weighted by Gasteiger charge is 2.21. The molecular formula is C23H27N3O2S. The van der Waals surface area contributed by atoms with Crippen LogP contribution in [0.1, 0.15) is 35.8 Å². The van der Waals surface area contributed by atoms with Crippen molar-refractivity contribution in [1.29, 1.82) is 0 Å². The number of ether oxygens (including phenoxy) is 1. The Kier molecular flexibility index (Phi) is 6.09. The van der Waals surface area contributed by atoms with Crippen LogP contribution in [0.25, 0.3) is 11.0 Å². The number of aromatic nitrogens is 2. The van der Waals surface area contributed by atoms with Gasteiger partial charge < -0.3 is 14.6 Å². The number of amides is 1. The third kappa shape index (κ3) is 4.42. The van der Waals surface area contributed by atoms with E-state index < -0.39 is 0 Å². The maximum Gasteiger partial charge on any atom is 0.220 e. The van der Waals surface area contributed by atoms with Crippen LogP contribution >= 0.6 is 11.8 Å². The number of thioether (sulfide) groups is 1. The van der Waals surface area contributed by atoms with Crippen LogP contribution in [0.4, 0.5) is 0 Å². The first kappa shape index (κ1) is 19.8. The van der Waals surface area contributed by atoms with Gasteiger partial charge in [0.2, 0.25) is 5.91 Å². The number of fused-ring (bicyclic) bond motifs is 2. The van der Waals surface area contributed by atoms with Crippen LogP contribution in [-0.4, -0.2) is 34.1 Å². The molecule has 2 aromatic carbocycles. The lowest BCUT2D eigenvalue weighted by Gasteiger charge is -2.18. The average Bonchev–Trinajstić information content (AvgIpc) is 3.34. The van der Waals surface area contributed by atoms with Gasteiger partial charge in [0.1, 0.15) is 11.6 Å². The number of aryl methyl sites for hydroxylation is 2. The maximum absolute atomic E-state index is 12.7. The van der Waals surface area contributed by atoms with Crippen LogP contribution in [-0.2, 0) is 24.7 Å². The number of hydrogen-bond acceptors (Lipinski definition) is 4. The minimum atomic E-state index is -0.0826. The monoisotopic (exact) mass is 409 g/mol. The molecule has 152 valence electrons. The molecule has 6 heteroatoms. The molecule has 2 heterocycles. The molecule has 1 aliphatic heterocycles. The van der Waals surface area contributed by atoms with Crippen molar-refractivity contribution < 1.29 is 9.53 Å². The maximum atomic E-state index is 12.7. The number of carbonyl (C=O) groups is 1. The third-order valence-electron chi connectivity index (χ3n) is 5.47. The van der Waals surface area contributed by atoms with Gasteiger partial charge in [-0.2, -0.15) is 11.8 Å². The molecule has 0 saturated heterocycles. The van der Waals surface area contributed by atoms with Crippen LogP contribution < -0.4 is 10.1 Å². The van der Waals surface area contributed by atoms with Gasteiger partial charge in [-0.15, -0.1) is 0 Å². The number of imidazole rings is 1. The van der Waals surface area contributed by atoms with Crippen LogP contribution in [0.2, 0.25) is 0 Å². The lowest BCUT2D eigenvalue weighted by molar-refractivity contribution is -0.121. The summed E-state index contributed by atoms with van der Waals surface area (Å²) in [5, 5.41) is 3.23. The van der Waals surface area contributed by atoms with Crippen LogP contribution in [0.5, 0.6) is 5.75 Å². The molecule has 1 aliphatic rings. The molecule has 1 amide bonds. The van der Waals surface area contributed by atoms with E-state index in [-0.39, 0.29) is 11.9 Å². The molecule has 0 bridgehead atoms. The molecule has 0 radical (unpaired) electrons. The minimum Gasteiger partial charge on any atom is -0.493 e. The van der Waals surface area contributed by atoms with Gasteiger partial charge in [-0.25, -0.2) is 4.98 Å². The topological polar surface area (TPSA) is 56.1 Å². The Morgan fingerprint density at radius 1 is 1.31 bits per heavy atom. The summed E-state index contributed by atoms with van der Waals surface area (Å²) in [4.78, 5) is 17.5. The Morgan fingerprint density at radius 3 is 3.00 bits per heavy atom. The lowest BCUT2D eigenvalue weighted by Crippen LogP contribution is -2.31. The molecule has 29 heavy (non-hydrogen) atoms. The second-order valence-electron chi connectivity index (χ2n) is 7.46. The van der Waals surface area contributed by atoms with Gasteiger partial charge in [0, 0.05) is 19.9 Å². The highest BCUT2D eigenvalue weighted by atomic mass is 32.2. The number of para-hydroxylation sites is 2. The Hall–Kier alpha value is -2.47. The molecule has 0 fully saturated rings. The van der Waals surface area contributed by atoms with Crippen molar-refractivity contribution in [2.45, 2.75) is 31.7 Å². The van der Waals surface area contributed by atoms with Crippen LogP contribution in [0.15, 0.2) is 42.5 Å². The predicted molar refractivity (Wildman–Crippen MR) is 119 cm³/mol. The second kappa shape index (κ2) is 8.91. The molecule has 4 rings (SSSR count). The van der Waals surface area contributed by atoms with E-state index in [4.69, 9.17) is 9.72 Å². The van der Waals surface area contributed by atoms with E-state index in [0.29, 0.717) is 6.42 Å². The lowest BCUT2D eigenvalue weighted by atomic mass is 10.0. The number of benzene rings is 2. The SMILES string of the molecule is CSCC[C@@H](NC(=O)CCc1ccc2c(c1)CCO2)c1nc2ccccc2n1C. The highest BCUT2D eigenvalue weighted by molar-refractivity contribution is 7.98. The van der Waals surface area contributed by atoms with E-state index in [1.165, 1.54) is 11.1 Å². The molecule has 0 unspecified atom stereocenters. The summed E-state index contributed by atoms with van der Waals surface area (Å²) < 4.78 is 7.66. The first-order chi connectivity index (χ1) is 14.2. The summed E-state index contributed by atoms with van der Waals surface area (Å²) in [5.41, 5.74) is 4.49. The van der Waals surface area contributed by atoms with Gasteiger partial charge in [-0.1, -0.05) is 24.3 Å². The Balaban J connectivity index is 1.44. The van der Waals surface area contributed by atoms with Crippen molar-refractivity contribution in [3.05, 3.63) is 59.4 Å². The second-order valence-corrected chi connectivity index (χ2v) is 8.45. The van der Waals surface area contributed by atoms with Gasteiger partial charge in [-0.05, 0) is 54.2 Å². The van der Waals surface area contributed by atoms with Gasteiger partial charge >= 0.3 is 0 Å². The van der Waals surface area contributed by atoms with E-state index in [2.05, 4.69) is 34.3 Å². The van der Waals surface area contributed by atoms with Crippen molar-refractivity contribution in [3.63, 3.8) is 0 Å². The fourth-order valence-electron chi connectivity index (χ4n) is 3.90. The standard InChI is InChI=1S/C23H27N3O2S/c1-26-20-6-4-3-5-18(20)25-23(26)19(12-14-29-2)24-22(27)10-8-16-7-9-21-17(15-16)11-13-28-21/h3-7,9,15,19H,8,10-14H2,1-2H3,(H,24,27)/t19-/m1/s1. The van der Waals surface area contributed by atoms with Gasteiger partial charge in [-0.3, -0.25) is 4.79 Å². The van der Waals surface area contributed by atoms with Gasteiger partial charge in [0.15, 0.2) is 0 Å². The average molecular weight is 410 g/mol. The van der Waals surface area contributed by atoms with Crippen molar-refractivity contribution >= 4 is 28.7 Å². The number of carbonyl (C=O) groups excluding carboxylic acids is 1. The summed E-state index contributed by atoms with van der Waals surface area (Å²) in [5.74, 6) is 2.94. The molecule has 1 aromatic heterocycles. The molecule has 0 spiro atoms. The van der Waals surface area contributed by atoms with E-state index in [1.807, 2.05) is 31.3 Å². The first-order valence-electron chi connectivity index (χ1n) is 10.1. The molecule has 1 N–H and O–H groups in total. The zero-order valence-electron chi connectivity index (χ0n) is 17.0. The third-order valence-corrected chi connectivity index (χ3v) is 6.12. The van der Waals surface area contributed by atoms with E-state index in [1.54, 1.807) is 11.8 Å². The summed E-state index contributed by atoms with van der Waals surface area (Å²) in [6.45, 7) is 0.758. The van der Waals surface area contributed by atoms with Crippen molar-refractivity contribution in [3.8, 4) is 5.75 Å². The van der Waals surface area contributed by atoms with Crippen molar-refractivity contribution in [1.82, 2.24) is 14.9 Å².